The van der Waals surface area contributed by atoms with Crippen molar-refractivity contribution in [2.24, 2.45) is 5.92 Å². The zero-order valence-corrected chi connectivity index (χ0v) is 22.0. The molecule has 12 heteroatoms. The molecule has 2 aliphatic heterocycles. The second-order valence-electron chi connectivity index (χ2n) is 9.33. The number of amides is 1. The summed E-state index contributed by atoms with van der Waals surface area (Å²) in [4.78, 5) is 15.2. The average molecular weight is 539 g/mol. The number of piperidine rings is 1. The van der Waals surface area contributed by atoms with Crippen LogP contribution in [0.25, 0.3) is 0 Å². The van der Waals surface area contributed by atoms with E-state index in [0.29, 0.717) is 50.3 Å². The second-order valence-corrected chi connectivity index (χ2v) is 13.2. The maximum absolute atomic E-state index is 13.3. The van der Waals surface area contributed by atoms with Crippen LogP contribution in [-0.2, 0) is 24.8 Å². The molecule has 196 valence electrons. The van der Waals surface area contributed by atoms with Gasteiger partial charge in [-0.05, 0) is 68.8 Å². The molecule has 2 fully saturated rings. The van der Waals surface area contributed by atoms with Gasteiger partial charge in [0.15, 0.2) is 0 Å². The van der Waals surface area contributed by atoms with Crippen LogP contribution < -0.4 is 5.32 Å². The second kappa shape index (κ2) is 10.5. The van der Waals surface area contributed by atoms with E-state index in [2.05, 4.69) is 10.2 Å². The van der Waals surface area contributed by atoms with E-state index in [-0.39, 0.29) is 28.8 Å². The van der Waals surface area contributed by atoms with Crippen LogP contribution in [0.2, 0.25) is 0 Å². The van der Waals surface area contributed by atoms with Gasteiger partial charge in [0.25, 0.3) is 0 Å². The number of benzene rings is 2. The van der Waals surface area contributed by atoms with E-state index in [4.69, 9.17) is 0 Å². The molecule has 36 heavy (non-hydrogen) atoms. The standard InChI is InChI=1S/C24H31FN4O5S2/c1-18-5-8-21(16-23(18)36(33,34)28-14-12-27(2)13-15-28)26-24(30)19-4-3-11-29(17-19)35(31,32)22-9-6-20(25)7-10-22/h5-10,16,19H,3-4,11-15,17H2,1-2H3,(H,26,30). The van der Waals surface area contributed by atoms with Crippen LogP contribution >= 0.6 is 0 Å². The van der Waals surface area contributed by atoms with Gasteiger partial charge in [0.1, 0.15) is 5.82 Å². The Labute approximate surface area is 212 Å². The number of anilines is 1. The molecular formula is C24H31FN4O5S2. The molecule has 1 amide bonds. The van der Waals surface area contributed by atoms with Crippen molar-refractivity contribution in [2.45, 2.75) is 29.6 Å². The summed E-state index contributed by atoms with van der Waals surface area (Å²) in [5.74, 6) is -1.51. The molecular weight excluding hydrogens is 507 g/mol. The van der Waals surface area contributed by atoms with Gasteiger partial charge in [0, 0.05) is 45.0 Å². The van der Waals surface area contributed by atoms with Crippen molar-refractivity contribution < 1.29 is 26.0 Å². The van der Waals surface area contributed by atoms with Gasteiger partial charge >= 0.3 is 0 Å². The van der Waals surface area contributed by atoms with Crippen LogP contribution in [0.1, 0.15) is 18.4 Å². The van der Waals surface area contributed by atoms with Crippen molar-refractivity contribution in [2.75, 3.05) is 51.6 Å². The zero-order chi connectivity index (χ0) is 26.1. The van der Waals surface area contributed by atoms with E-state index in [0.717, 1.165) is 12.1 Å². The summed E-state index contributed by atoms with van der Waals surface area (Å²) in [6.45, 7) is 4.06. The Kier molecular flexibility index (Phi) is 7.81. The number of carbonyl (C=O) groups is 1. The molecule has 2 aromatic carbocycles. The number of carbonyl (C=O) groups excluding carboxylic acids is 1. The Balaban J connectivity index is 1.48. The minimum Gasteiger partial charge on any atom is -0.326 e. The van der Waals surface area contributed by atoms with Crippen molar-refractivity contribution in [3.05, 3.63) is 53.8 Å². The Bertz CT molecular complexity index is 1320. The molecule has 0 bridgehead atoms. The predicted molar refractivity (Wildman–Crippen MR) is 134 cm³/mol. The van der Waals surface area contributed by atoms with E-state index >= 15 is 0 Å². The number of sulfonamides is 2. The van der Waals surface area contributed by atoms with Crippen LogP contribution in [0, 0.1) is 18.7 Å². The average Bonchev–Trinajstić information content (AvgIpc) is 2.85. The van der Waals surface area contributed by atoms with Crippen LogP contribution in [0.3, 0.4) is 0 Å². The first kappa shape index (κ1) is 26.7. The van der Waals surface area contributed by atoms with E-state index < -0.39 is 31.8 Å². The number of hydrogen-bond acceptors (Lipinski definition) is 6. The van der Waals surface area contributed by atoms with Crippen molar-refractivity contribution >= 4 is 31.6 Å². The third-order valence-electron chi connectivity index (χ3n) is 6.74. The molecule has 2 aliphatic rings. The molecule has 0 aliphatic carbocycles. The summed E-state index contributed by atoms with van der Waals surface area (Å²) in [5.41, 5.74) is 0.929. The number of piperazine rings is 1. The number of aryl methyl sites for hydroxylation is 1. The third-order valence-corrected chi connectivity index (χ3v) is 10.7. The number of halogens is 1. The van der Waals surface area contributed by atoms with Gasteiger partial charge in [-0.1, -0.05) is 6.07 Å². The molecule has 0 radical (unpaired) electrons. The minimum absolute atomic E-state index is 0.0101. The fourth-order valence-electron chi connectivity index (χ4n) is 4.50. The molecule has 1 unspecified atom stereocenters. The van der Waals surface area contributed by atoms with Gasteiger partial charge in [-0.3, -0.25) is 4.79 Å². The molecule has 0 spiro atoms. The zero-order valence-electron chi connectivity index (χ0n) is 20.4. The first-order chi connectivity index (χ1) is 17.0. The minimum atomic E-state index is -3.87. The lowest BCUT2D eigenvalue weighted by molar-refractivity contribution is -0.120. The summed E-state index contributed by atoms with van der Waals surface area (Å²) < 4.78 is 68.4. The Morgan fingerprint density at radius 1 is 0.917 bits per heavy atom. The largest absolute Gasteiger partial charge is 0.326 e. The lowest BCUT2D eigenvalue weighted by Gasteiger charge is -2.32. The van der Waals surface area contributed by atoms with Crippen LogP contribution in [-0.4, -0.2) is 82.6 Å². The highest BCUT2D eigenvalue weighted by Gasteiger charge is 2.34. The molecule has 2 aromatic rings. The maximum Gasteiger partial charge on any atom is 0.243 e. The summed E-state index contributed by atoms with van der Waals surface area (Å²) >= 11 is 0. The van der Waals surface area contributed by atoms with Gasteiger partial charge in [-0.2, -0.15) is 8.61 Å². The van der Waals surface area contributed by atoms with E-state index in [1.807, 2.05) is 7.05 Å². The predicted octanol–water partition coefficient (Wildman–Crippen LogP) is 2.11. The molecule has 0 aromatic heterocycles. The summed E-state index contributed by atoms with van der Waals surface area (Å²) in [5, 5.41) is 2.78. The number of hydrogen-bond donors (Lipinski definition) is 1. The summed E-state index contributed by atoms with van der Waals surface area (Å²) in [7, 11) is -5.64. The third kappa shape index (κ3) is 5.62. The number of nitrogens with zero attached hydrogens (tertiary/aromatic N) is 3. The number of likely N-dealkylation sites (N-methyl/N-ethyl adjacent to an activating group) is 1. The SMILES string of the molecule is Cc1ccc(NC(=O)C2CCCN(S(=O)(=O)c3ccc(F)cc3)C2)cc1S(=O)(=O)N1CCN(C)CC1. The Hall–Kier alpha value is -2.38. The highest BCUT2D eigenvalue weighted by Crippen LogP contribution is 2.27. The van der Waals surface area contributed by atoms with Crippen LogP contribution in [0.5, 0.6) is 0 Å². The van der Waals surface area contributed by atoms with Crippen molar-refractivity contribution in [3.8, 4) is 0 Å². The highest BCUT2D eigenvalue weighted by atomic mass is 32.2. The number of rotatable bonds is 6. The number of nitrogens with one attached hydrogen (secondary N) is 1. The topological polar surface area (TPSA) is 107 Å². The monoisotopic (exact) mass is 538 g/mol. The van der Waals surface area contributed by atoms with Gasteiger partial charge in [0.05, 0.1) is 15.7 Å². The summed E-state index contributed by atoms with van der Waals surface area (Å²) in [6, 6.07) is 9.37. The fraction of sp³-hybridized carbons (Fsp3) is 0.458. The van der Waals surface area contributed by atoms with Crippen LogP contribution in [0.4, 0.5) is 10.1 Å². The van der Waals surface area contributed by atoms with Gasteiger partial charge in [-0.15, -0.1) is 0 Å². The molecule has 0 saturated carbocycles. The highest BCUT2D eigenvalue weighted by molar-refractivity contribution is 7.89. The van der Waals surface area contributed by atoms with Crippen molar-refractivity contribution in [3.63, 3.8) is 0 Å². The van der Waals surface area contributed by atoms with E-state index in [1.165, 1.54) is 26.8 Å². The van der Waals surface area contributed by atoms with Crippen molar-refractivity contribution in [1.82, 2.24) is 13.5 Å². The normalized spacial score (nSPS) is 20.8. The van der Waals surface area contributed by atoms with Gasteiger partial charge < -0.3 is 10.2 Å². The smallest absolute Gasteiger partial charge is 0.243 e. The first-order valence-corrected chi connectivity index (χ1v) is 14.7. The molecule has 1 atom stereocenters. The molecule has 2 saturated heterocycles. The first-order valence-electron chi connectivity index (χ1n) is 11.8. The molecule has 2 heterocycles. The molecule has 9 nitrogen and oxygen atoms in total. The quantitative estimate of drug-likeness (QED) is 0.604. The van der Waals surface area contributed by atoms with Gasteiger partial charge in [-0.25, -0.2) is 21.2 Å². The summed E-state index contributed by atoms with van der Waals surface area (Å²) in [6.07, 6.45) is 0.995. The van der Waals surface area contributed by atoms with Gasteiger partial charge in [0.2, 0.25) is 26.0 Å². The Morgan fingerprint density at radius 2 is 1.58 bits per heavy atom. The molecule has 1 N–H and O–H groups in total. The van der Waals surface area contributed by atoms with E-state index in [1.54, 1.807) is 19.1 Å². The lowest BCUT2D eigenvalue weighted by Crippen LogP contribution is -2.47. The fourth-order valence-corrected chi connectivity index (χ4v) is 7.69. The van der Waals surface area contributed by atoms with E-state index in [9.17, 15) is 26.0 Å². The maximum atomic E-state index is 13.3. The molecule has 4 rings (SSSR count). The Morgan fingerprint density at radius 3 is 2.25 bits per heavy atom. The lowest BCUT2D eigenvalue weighted by atomic mass is 9.98. The van der Waals surface area contributed by atoms with Crippen LogP contribution in [0.15, 0.2) is 52.3 Å². The van der Waals surface area contributed by atoms with Crippen molar-refractivity contribution in [1.29, 1.82) is 0 Å².